The number of aromatic nitrogens is 4. The molecule has 2 aromatic heterocycles. The van der Waals surface area contributed by atoms with Crippen molar-refractivity contribution < 1.29 is 14.3 Å². The lowest BCUT2D eigenvalue weighted by atomic mass is 9.86. The number of nitrogens with one attached hydrogen (secondary N) is 1. The highest BCUT2D eigenvalue weighted by molar-refractivity contribution is 5.79. The Bertz CT molecular complexity index is 845. The Hall–Kier alpha value is -2.90. The van der Waals surface area contributed by atoms with Crippen molar-refractivity contribution in [3.63, 3.8) is 0 Å². The molecule has 2 heterocycles. The Balaban J connectivity index is 1.20. The average molecular weight is 409 g/mol. The maximum Gasteiger partial charge on any atom is 0.309 e. The number of rotatable bonds is 6. The summed E-state index contributed by atoms with van der Waals surface area (Å²) in [5.74, 6) is 0.630. The molecule has 8 heteroatoms. The van der Waals surface area contributed by atoms with E-state index < -0.39 is 0 Å². The molecule has 4 rings (SSSR count). The largest absolute Gasteiger partial charge is 0.460 e. The summed E-state index contributed by atoms with van der Waals surface area (Å²) in [7, 11) is 0. The van der Waals surface area contributed by atoms with Crippen molar-refractivity contribution in [2.24, 2.45) is 11.8 Å². The molecule has 30 heavy (non-hydrogen) atoms. The van der Waals surface area contributed by atoms with Crippen molar-refractivity contribution in [1.82, 2.24) is 25.3 Å². The summed E-state index contributed by atoms with van der Waals surface area (Å²) in [6, 6.07) is 0.185. The van der Waals surface area contributed by atoms with Crippen LogP contribution in [-0.2, 0) is 20.9 Å². The molecule has 0 aliphatic heterocycles. The Kier molecular flexibility index (Phi) is 6.61. The summed E-state index contributed by atoms with van der Waals surface area (Å²) < 4.78 is 5.48. The van der Waals surface area contributed by atoms with Gasteiger partial charge in [0.15, 0.2) is 5.82 Å². The summed E-state index contributed by atoms with van der Waals surface area (Å²) in [6.45, 7) is 0.156. The zero-order valence-corrected chi connectivity index (χ0v) is 17.0. The van der Waals surface area contributed by atoms with Crippen molar-refractivity contribution in [2.45, 2.75) is 64.0 Å². The molecule has 0 spiro atoms. The van der Waals surface area contributed by atoms with Crippen LogP contribution >= 0.6 is 0 Å². The van der Waals surface area contributed by atoms with Gasteiger partial charge < -0.3 is 10.1 Å². The fourth-order valence-electron chi connectivity index (χ4n) is 4.25. The average Bonchev–Trinajstić information content (AvgIpc) is 3.34. The third-order valence-corrected chi connectivity index (χ3v) is 6.04. The van der Waals surface area contributed by atoms with Gasteiger partial charge in [-0.15, -0.1) is 0 Å². The molecule has 0 saturated heterocycles. The van der Waals surface area contributed by atoms with Crippen molar-refractivity contribution in [1.29, 1.82) is 0 Å². The zero-order valence-electron chi connectivity index (χ0n) is 17.0. The van der Waals surface area contributed by atoms with Crippen molar-refractivity contribution in [2.75, 3.05) is 0 Å². The van der Waals surface area contributed by atoms with Gasteiger partial charge in [-0.05, 0) is 38.5 Å². The van der Waals surface area contributed by atoms with Crippen LogP contribution in [0.1, 0.15) is 56.9 Å². The lowest BCUT2D eigenvalue weighted by molar-refractivity contribution is -0.151. The van der Waals surface area contributed by atoms with Gasteiger partial charge in [-0.3, -0.25) is 9.59 Å². The van der Waals surface area contributed by atoms with Gasteiger partial charge in [0.2, 0.25) is 5.91 Å². The third kappa shape index (κ3) is 5.17. The highest BCUT2D eigenvalue weighted by Crippen LogP contribution is 2.28. The number of ether oxygens (including phenoxy) is 1. The first-order valence-electron chi connectivity index (χ1n) is 10.7. The molecule has 2 saturated carbocycles. The maximum atomic E-state index is 12.4. The van der Waals surface area contributed by atoms with Crippen molar-refractivity contribution in [3.05, 3.63) is 36.7 Å². The minimum Gasteiger partial charge on any atom is -0.460 e. The third-order valence-electron chi connectivity index (χ3n) is 6.04. The smallest absolute Gasteiger partial charge is 0.309 e. The lowest BCUT2D eigenvalue weighted by Crippen LogP contribution is -2.41. The number of nitrogens with zero attached hydrogens (tertiary/aromatic N) is 4. The van der Waals surface area contributed by atoms with Gasteiger partial charge in [0.1, 0.15) is 12.9 Å². The topological polar surface area (TPSA) is 107 Å². The van der Waals surface area contributed by atoms with Gasteiger partial charge in [0, 0.05) is 42.3 Å². The molecule has 0 aromatic carbocycles. The molecule has 0 unspecified atom stereocenters. The number of carbonyl (C=O) groups excluding carboxylic acids is 2. The highest BCUT2D eigenvalue weighted by atomic mass is 16.5. The van der Waals surface area contributed by atoms with Crippen LogP contribution in [0.3, 0.4) is 0 Å². The normalized spacial score (nSPS) is 21.9. The number of carbonyl (C=O) groups is 2. The molecule has 2 aliphatic rings. The lowest BCUT2D eigenvalue weighted by Gasteiger charge is -2.28. The number of hydrogen-bond acceptors (Lipinski definition) is 7. The first kappa shape index (κ1) is 20.4. The minimum absolute atomic E-state index is 0.105. The van der Waals surface area contributed by atoms with E-state index in [2.05, 4.69) is 25.3 Å². The molecular weight excluding hydrogens is 382 g/mol. The molecule has 158 valence electrons. The van der Waals surface area contributed by atoms with E-state index >= 15 is 0 Å². The van der Waals surface area contributed by atoms with E-state index in [1.54, 1.807) is 24.8 Å². The summed E-state index contributed by atoms with van der Waals surface area (Å²) in [5.41, 5.74) is 1.47. The van der Waals surface area contributed by atoms with E-state index in [1.807, 2.05) is 0 Å². The van der Waals surface area contributed by atoms with Crippen LogP contribution < -0.4 is 5.32 Å². The van der Waals surface area contributed by atoms with Crippen LogP contribution in [0.25, 0.3) is 11.4 Å². The van der Waals surface area contributed by atoms with Crippen LogP contribution in [0, 0.1) is 11.8 Å². The summed E-state index contributed by atoms with van der Waals surface area (Å²) in [4.78, 5) is 41.2. The van der Waals surface area contributed by atoms with Gasteiger partial charge in [-0.25, -0.2) is 19.9 Å². The van der Waals surface area contributed by atoms with Crippen LogP contribution in [-0.4, -0.2) is 37.9 Å². The van der Waals surface area contributed by atoms with Gasteiger partial charge >= 0.3 is 5.97 Å². The predicted molar refractivity (Wildman–Crippen MR) is 109 cm³/mol. The quantitative estimate of drug-likeness (QED) is 0.731. The van der Waals surface area contributed by atoms with Crippen LogP contribution in [0.5, 0.6) is 0 Å². The SMILES string of the molecule is O=C(NC1CCC(C(=O)OCc2cnc(-c3cncnc3)nc2)CC1)C1CCCC1. The fraction of sp³-hybridized carbons (Fsp3) is 0.545. The Morgan fingerprint density at radius 3 is 2.23 bits per heavy atom. The van der Waals surface area contributed by atoms with Gasteiger partial charge in [0.05, 0.1) is 11.5 Å². The second-order valence-electron chi connectivity index (χ2n) is 8.19. The zero-order chi connectivity index (χ0) is 20.8. The molecule has 1 N–H and O–H groups in total. The molecule has 0 bridgehead atoms. The molecule has 2 fully saturated rings. The van der Waals surface area contributed by atoms with E-state index in [9.17, 15) is 9.59 Å². The molecule has 2 aliphatic carbocycles. The predicted octanol–water partition coefficient (Wildman–Crippen LogP) is 2.84. The minimum atomic E-state index is -0.184. The van der Waals surface area contributed by atoms with E-state index in [-0.39, 0.29) is 36.4 Å². The van der Waals surface area contributed by atoms with Crippen LogP contribution in [0.15, 0.2) is 31.1 Å². The molecule has 1 amide bonds. The van der Waals surface area contributed by atoms with Crippen molar-refractivity contribution in [3.8, 4) is 11.4 Å². The van der Waals surface area contributed by atoms with Gasteiger partial charge in [-0.2, -0.15) is 0 Å². The van der Waals surface area contributed by atoms with Crippen LogP contribution in [0.2, 0.25) is 0 Å². The fourth-order valence-corrected chi connectivity index (χ4v) is 4.25. The summed E-state index contributed by atoms with van der Waals surface area (Å²) in [5, 5.41) is 3.18. The van der Waals surface area contributed by atoms with E-state index in [0.29, 0.717) is 5.82 Å². The van der Waals surface area contributed by atoms with E-state index in [1.165, 1.54) is 6.33 Å². The first-order valence-corrected chi connectivity index (χ1v) is 10.7. The highest BCUT2D eigenvalue weighted by Gasteiger charge is 2.30. The number of amides is 1. The molecule has 0 atom stereocenters. The molecular formula is C22H27N5O3. The number of hydrogen-bond donors (Lipinski definition) is 1. The van der Waals surface area contributed by atoms with Gasteiger partial charge in [0.25, 0.3) is 0 Å². The van der Waals surface area contributed by atoms with E-state index in [4.69, 9.17) is 4.74 Å². The Morgan fingerprint density at radius 1 is 0.900 bits per heavy atom. The monoisotopic (exact) mass is 409 g/mol. The second kappa shape index (κ2) is 9.73. The van der Waals surface area contributed by atoms with Crippen molar-refractivity contribution >= 4 is 11.9 Å². The summed E-state index contributed by atoms with van der Waals surface area (Å²) in [6.07, 6.45) is 15.5. The Morgan fingerprint density at radius 2 is 1.57 bits per heavy atom. The Labute approximate surface area is 175 Å². The summed E-state index contributed by atoms with van der Waals surface area (Å²) >= 11 is 0. The molecule has 2 aromatic rings. The molecule has 8 nitrogen and oxygen atoms in total. The van der Waals surface area contributed by atoms with Gasteiger partial charge in [-0.1, -0.05) is 12.8 Å². The maximum absolute atomic E-state index is 12.4. The van der Waals surface area contributed by atoms with Crippen LogP contribution in [0.4, 0.5) is 0 Å². The second-order valence-corrected chi connectivity index (χ2v) is 8.19. The van der Waals surface area contributed by atoms with E-state index in [0.717, 1.165) is 62.5 Å². The molecule has 0 radical (unpaired) electrons. The number of esters is 1. The first-order chi connectivity index (χ1) is 14.7. The standard InChI is InChI=1S/C22H27N5O3/c28-21(16-3-1-2-4-16)27-19-7-5-17(6-8-19)22(29)30-13-15-9-25-20(26-10-15)18-11-23-14-24-12-18/h9-12,14,16-17,19H,1-8,13H2,(H,27,28).